The van der Waals surface area contributed by atoms with Gasteiger partial charge in [-0.3, -0.25) is 0 Å². The van der Waals surface area contributed by atoms with Crippen molar-refractivity contribution >= 4 is 7.82 Å². The van der Waals surface area contributed by atoms with Gasteiger partial charge in [-0.05, 0) is 27.7 Å². The first-order chi connectivity index (χ1) is 10.6. The van der Waals surface area contributed by atoms with E-state index in [9.17, 15) is 26.3 Å². The Bertz CT molecular complexity index is 449. The number of halogens is 6. The summed E-state index contributed by atoms with van der Waals surface area (Å²) in [6.45, 7) is 6.23. The summed E-state index contributed by atoms with van der Waals surface area (Å²) in [7, 11) is -4.64. The van der Waals surface area contributed by atoms with Crippen LogP contribution in [0.25, 0.3) is 0 Å². The predicted octanol–water partition coefficient (Wildman–Crippen LogP) is 2.45. The van der Waals surface area contributed by atoms with Crippen LogP contribution in [-0.4, -0.2) is 50.2 Å². The Morgan fingerprint density at radius 2 is 1.08 bits per heavy atom. The second-order valence-electron chi connectivity index (χ2n) is 6.99. The zero-order valence-electron chi connectivity index (χ0n) is 14.0. The van der Waals surface area contributed by atoms with Crippen molar-refractivity contribution in [2.45, 2.75) is 76.1 Å². The van der Waals surface area contributed by atoms with Crippen LogP contribution < -0.4 is 10.6 Å². The van der Waals surface area contributed by atoms with E-state index in [4.69, 9.17) is 19.2 Å². The molecule has 152 valence electrons. The second-order valence-corrected chi connectivity index (χ2v) is 8.02. The average molecular weight is 404 g/mol. The third-order valence-corrected chi connectivity index (χ3v) is 3.66. The molecule has 0 amide bonds. The van der Waals surface area contributed by atoms with Crippen LogP contribution in [0.15, 0.2) is 0 Å². The quantitative estimate of drug-likeness (QED) is 0.358. The third kappa shape index (κ3) is 11.0. The number of phosphoric acid groups is 1. The molecule has 0 saturated carbocycles. The minimum atomic E-state index is -4.64. The van der Waals surface area contributed by atoms with Gasteiger partial charge in [-0.25, -0.2) is 4.57 Å². The van der Waals surface area contributed by atoms with E-state index < -0.39 is 56.2 Å². The molecule has 1 aliphatic heterocycles. The third-order valence-electron chi connectivity index (χ3n) is 3.66. The Balaban J connectivity index is 0.00000101. The molecule has 0 aromatic carbocycles. The molecule has 0 bridgehead atoms. The van der Waals surface area contributed by atoms with Gasteiger partial charge in [0, 0.05) is 23.2 Å². The van der Waals surface area contributed by atoms with Crippen molar-refractivity contribution in [1.29, 1.82) is 0 Å². The normalized spacial score (nSPS) is 26.6. The molecule has 1 fully saturated rings. The topological polar surface area (TPSA) is 102 Å². The molecule has 5 N–H and O–H groups in total. The predicted molar refractivity (Wildman–Crippen MR) is 77.6 cm³/mol. The van der Waals surface area contributed by atoms with Gasteiger partial charge in [0.2, 0.25) is 0 Å². The summed E-state index contributed by atoms with van der Waals surface area (Å²) in [5.74, 6) is 0. The van der Waals surface area contributed by atoms with Crippen molar-refractivity contribution in [2.24, 2.45) is 0 Å². The largest absolute Gasteiger partial charge is 0.466 e. The molecule has 13 heteroatoms. The van der Waals surface area contributed by atoms with Gasteiger partial charge in [0.15, 0.2) is 0 Å². The molecule has 25 heavy (non-hydrogen) atoms. The number of piperazine rings is 1. The first kappa shape index (κ1) is 24.6. The fraction of sp³-hybridized carbons (Fsp3) is 1.00. The van der Waals surface area contributed by atoms with E-state index in [1.165, 1.54) is 0 Å². The van der Waals surface area contributed by atoms with Crippen molar-refractivity contribution in [3.05, 3.63) is 0 Å². The molecular weight excluding hydrogens is 381 g/mol. The summed E-state index contributed by atoms with van der Waals surface area (Å²) in [4.78, 5) is 21.6. The highest BCUT2D eigenvalue weighted by molar-refractivity contribution is 7.45. The summed E-state index contributed by atoms with van der Waals surface area (Å²) in [6.07, 6.45) is -11.2. The van der Waals surface area contributed by atoms with Crippen LogP contribution in [0.3, 0.4) is 0 Å². The molecule has 6 nitrogen and oxygen atoms in total. The Hall–Kier alpha value is -0.390. The van der Waals surface area contributed by atoms with E-state index in [0.29, 0.717) is 0 Å². The summed E-state index contributed by atoms with van der Waals surface area (Å²) >= 11 is 0. The van der Waals surface area contributed by atoms with Crippen LogP contribution in [-0.2, 0) is 4.57 Å². The van der Waals surface area contributed by atoms with Crippen LogP contribution >= 0.6 is 7.82 Å². The van der Waals surface area contributed by atoms with Crippen molar-refractivity contribution in [1.82, 2.24) is 10.6 Å². The van der Waals surface area contributed by atoms with Crippen LogP contribution in [0.2, 0.25) is 0 Å². The van der Waals surface area contributed by atoms with Gasteiger partial charge < -0.3 is 25.3 Å². The summed E-state index contributed by atoms with van der Waals surface area (Å²) in [6, 6.07) is -2.22. The lowest BCUT2D eigenvalue weighted by Gasteiger charge is -2.53. The minimum Gasteiger partial charge on any atom is -0.307 e. The van der Waals surface area contributed by atoms with Gasteiger partial charge in [0.25, 0.3) is 0 Å². The lowest BCUT2D eigenvalue weighted by Crippen LogP contribution is -2.75. The molecule has 2 unspecified atom stereocenters. The lowest BCUT2D eigenvalue weighted by atomic mass is 9.78. The molecule has 2 atom stereocenters. The molecule has 0 aromatic rings. The second kappa shape index (κ2) is 7.69. The number of rotatable bonds is 2. The van der Waals surface area contributed by atoms with Gasteiger partial charge in [0.05, 0.1) is 12.8 Å². The highest BCUT2D eigenvalue weighted by Crippen LogP contribution is 2.35. The Morgan fingerprint density at radius 3 is 1.28 bits per heavy atom. The van der Waals surface area contributed by atoms with E-state index in [1.54, 1.807) is 27.7 Å². The van der Waals surface area contributed by atoms with E-state index in [1.807, 2.05) is 0 Å². The SMILES string of the molecule is CC1(C)NC(C)(C)C(CC(F)(F)F)NC1CC(F)(F)F.O=P(O)(O)O. The first-order valence-corrected chi connectivity index (χ1v) is 8.66. The molecular formula is C12H23F6N2O4P. The highest BCUT2D eigenvalue weighted by Gasteiger charge is 2.51. The number of alkyl halides is 6. The Labute approximate surface area is 141 Å². The van der Waals surface area contributed by atoms with Crippen LogP contribution in [0.4, 0.5) is 26.3 Å². The van der Waals surface area contributed by atoms with Gasteiger partial charge in [-0.2, -0.15) is 26.3 Å². The summed E-state index contributed by atoms with van der Waals surface area (Å²) in [5, 5.41) is 5.46. The smallest absolute Gasteiger partial charge is 0.307 e. The maximum Gasteiger partial charge on any atom is 0.466 e. The zero-order chi connectivity index (χ0) is 20.5. The number of nitrogens with one attached hydrogen (secondary N) is 2. The van der Waals surface area contributed by atoms with Gasteiger partial charge in [-0.15, -0.1) is 0 Å². The first-order valence-electron chi connectivity index (χ1n) is 7.09. The lowest BCUT2D eigenvalue weighted by molar-refractivity contribution is -0.161. The van der Waals surface area contributed by atoms with Gasteiger partial charge in [0.1, 0.15) is 0 Å². The molecule has 1 heterocycles. The summed E-state index contributed by atoms with van der Waals surface area (Å²) < 4.78 is 84.2. The van der Waals surface area contributed by atoms with Crippen LogP contribution in [0.5, 0.6) is 0 Å². The maximum absolute atomic E-state index is 12.6. The molecule has 0 aromatic heterocycles. The average Bonchev–Trinajstić information content (AvgIpc) is 2.17. The maximum atomic E-state index is 12.6. The Morgan fingerprint density at radius 1 is 0.840 bits per heavy atom. The zero-order valence-corrected chi connectivity index (χ0v) is 14.9. The molecule has 0 spiro atoms. The number of hydrogen-bond acceptors (Lipinski definition) is 3. The van der Waals surface area contributed by atoms with Gasteiger partial charge in [-0.1, -0.05) is 0 Å². The Kier molecular flexibility index (Phi) is 7.57. The van der Waals surface area contributed by atoms with Crippen molar-refractivity contribution in [3.63, 3.8) is 0 Å². The standard InChI is InChI=1S/C12H20F6N2.H3O4P/c1-9(2)7(5-11(13,14)15)19-8(6-12(16,17)18)10(3,4)20-9;1-5(2,3)4/h7-8,19-20H,5-6H2,1-4H3;(H3,1,2,3,4). The number of hydrogen-bond donors (Lipinski definition) is 5. The van der Waals surface area contributed by atoms with Crippen molar-refractivity contribution in [3.8, 4) is 0 Å². The van der Waals surface area contributed by atoms with E-state index >= 15 is 0 Å². The fourth-order valence-electron chi connectivity index (χ4n) is 2.76. The molecule has 0 radical (unpaired) electrons. The molecule has 1 saturated heterocycles. The fourth-order valence-corrected chi connectivity index (χ4v) is 2.76. The molecule has 1 aliphatic rings. The molecule has 0 aliphatic carbocycles. The van der Waals surface area contributed by atoms with E-state index in [-0.39, 0.29) is 0 Å². The monoisotopic (exact) mass is 404 g/mol. The van der Waals surface area contributed by atoms with Crippen LogP contribution in [0.1, 0.15) is 40.5 Å². The van der Waals surface area contributed by atoms with E-state index in [0.717, 1.165) is 0 Å². The van der Waals surface area contributed by atoms with Crippen LogP contribution in [0, 0.1) is 0 Å². The van der Waals surface area contributed by atoms with Crippen molar-refractivity contribution in [2.75, 3.05) is 0 Å². The van der Waals surface area contributed by atoms with Gasteiger partial charge >= 0.3 is 20.2 Å². The highest BCUT2D eigenvalue weighted by atomic mass is 31.2. The van der Waals surface area contributed by atoms with E-state index in [2.05, 4.69) is 10.6 Å². The molecule has 1 rings (SSSR count). The summed E-state index contributed by atoms with van der Waals surface area (Å²) in [5.41, 5.74) is -1.91. The van der Waals surface area contributed by atoms with Crippen molar-refractivity contribution < 1.29 is 45.6 Å². The minimum absolute atomic E-state index is 0.957.